The molecule has 1 fully saturated rings. The molecule has 0 saturated carbocycles. The van der Waals surface area contributed by atoms with Crippen molar-refractivity contribution in [2.24, 2.45) is 0 Å². The van der Waals surface area contributed by atoms with E-state index in [0.29, 0.717) is 32.8 Å². The first-order chi connectivity index (χ1) is 9.66. The maximum atomic E-state index is 11.9. The van der Waals surface area contributed by atoms with E-state index in [2.05, 4.69) is 5.32 Å². The van der Waals surface area contributed by atoms with Crippen LogP contribution >= 0.6 is 11.3 Å². The van der Waals surface area contributed by atoms with Gasteiger partial charge >= 0.3 is 12.0 Å². The highest BCUT2D eigenvalue weighted by atomic mass is 32.1. The van der Waals surface area contributed by atoms with Gasteiger partial charge in [-0.3, -0.25) is 0 Å². The van der Waals surface area contributed by atoms with Crippen molar-refractivity contribution in [2.75, 3.05) is 26.3 Å². The Kier molecular flexibility index (Phi) is 5.14. The molecule has 2 heterocycles. The van der Waals surface area contributed by atoms with Crippen LogP contribution in [-0.4, -0.2) is 48.3 Å². The lowest BCUT2D eigenvalue weighted by Crippen LogP contribution is -2.45. The standard InChI is InChI=1S/C13H16N2O4S/c16-12(17)2-1-10-3-8-20-11(10)9-14-13(18)15-4-6-19-7-5-15/h1-3,8H,4-7,9H2,(H,14,18)(H,16,17)/b2-1+. The molecule has 108 valence electrons. The maximum absolute atomic E-state index is 11.9. The Bertz CT molecular complexity index is 506. The van der Waals surface area contributed by atoms with Gasteiger partial charge in [-0.1, -0.05) is 0 Å². The number of carboxylic acid groups (broad SMARTS) is 1. The lowest BCUT2D eigenvalue weighted by Gasteiger charge is -2.26. The second-order valence-electron chi connectivity index (χ2n) is 4.23. The Morgan fingerprint density at radius 1 is 1.45 bits per heavy atom. The molecule has 1 aromatic rings. The first-order valence-corrected chi connectivity index (χ1v) is 7.12. The van der Waals surface area contributed by atoms with E-state index < -0.39 is 5.97 Å². The quantitative estimate of drug-likeness (QED) is 0.823. The van der Waals surface area contributed by atoms with Crippen molar-refractivity contribution in [1.29, 1.82) is 0 Å². The van der Waals surface area contributed by atoms with E-state index in [-0.39, 0.29) is 6.03 Å². The van der Waals surface area contributed by atoms with Gasteiger partial charge in [0.05, 0.1) is 19.8 Å². The topological polar surface area (TPSA) is 78.9 Å². The first-order valence-electron chi connectivity index (χ1n) is 6.24. The van der Waals surface area contributed by atoms with Crippen LogP contribution in [0.15, 0.2) is 17.5 Å². The number of carboxylic acids is 1. The Hall–Kier alpha value is -1.86. The van der Waals surface area contributed by atoms with E-state index in [4.69, 9.17) is 9.84 Å². The number of hydrogen-bond donors (Lipinski definition) is 2. The minimum absolute atomic E-state index is 0.116. The number of nitrogens with one attached hydrogen (secondary N) is 1. The Balaban J connectivity index is 1.89. The van der Waals surface area contributed by atoms with E-state index in [1.165, 1.54) is 17.4 Å². The summed E-state index contributed by atoms with van der Waals surface area (Å²) < 4.78 is 5.19. The van der Waals surface area contributed by atoms with Gasteiger partial charge in [-0.05, 0) is 23.1 Å². The molecule has 2 amide bonds. The third-order valence-corrected chi connectivity index (χ3v) is 3.82. The Morgan fingerprint density at radius 2 is 2.20 bits per heavy atom. The highest BCUT2D eigenvalue weighted by Crippen LogP contribution is 2.18. The van der Waals surface area contributed by atoms with Crippen LogP contribution in [-0.2, 0) is 16.1 Å². The largest absolute Gasteiger partial charge is 0.478 e. The number of carbonyl (C=O) groups excluding carboxylic acids is 1. The molecule has 0 unspecified atom stereocenters. The van der Waals surface area contributed by atoms with E-state index in [1.54, 1.807) is 4.90 Å². The Morgan fingerprint density at radius 3 is 2.90 bits per heavy atom. The van der Waals surface area contributed by atoms with Gasteiger partial charge in [0, 0.05) is 24.0 Å². The highest BCUT2D eigenvalue weighted by Gasteiger charge is 2.16. The maximum Gasteiger partial charge on any atom is 0.328 e. The molecule has 6 nitrogen and oxygen atoms in total. The molecule has 0 aliphatic carbocycles. The summed E-state index contributed by atoms with van der Waals surface area (Å²) in [5.74, 6) is -0.987. The fourth-order valence-corrected chi connectivity index (χ4v) is 2.64. The molecule has 0 atom stereocenters. The van der Waals surface area contributed by atoms with Crippen LogP contribution in [0.3, 0.4) is 0 Å². The average molecular weight is 296 g/mol. The molecule has 2 N–H and O–H groups in total. The van der Waals surface area contributed by atoms with E-state index in [1.807, 2.05) is 11.4 Å². The minimum atomic E-state index is -0.987. The molecule has 1 saturated heterocycles. The third kappa shape index (κ3) is 4.07. The lowest BCUT2D eigenvalue weighted by molar-refractivity contribution is -0.131. The zero-order chi connectivity index (χ0) is 14.4. The molecule has 0 radical (unpaired) electrons. The van der Waals surface area contributed by atoms with Crippen LogP contribution in [0.1, 0.15) is 10.4 Å². The van der Waals surface area contributed by atoms with Crippen LogP contribution in [0.4, 0.5) is 4.79 Å². The number of urea groups is 1. The lowest BCUT2D eigenvalue weighted by atomic mass is 10.2. The second-order valence-corrected chi connectivity index (χ2v) is 5.23. The van der Waals surface area contributed by atoms with Crippen molar-refractivity contribution in [3.05, 3.63) is 28.0 Å². The van der Waals surface area contributed by atoms with Gasteiger partial charge < -0.3 is 20.1 Å². The normalized spacial score (nSPS) is 15.5. The van der Waals surface area contributed by atoms with Crippen molar-refractivity contribution in [3.63, 3.8) is 0 Å². The fourth-order valence-electron chi connectivity index (χ4n) is 1.84. The third-order valence-electron chi connectivity index (χ3n) is 2.88. The van der Waals surface area contributed by atoms with Crippen molar-refractivity contribution in [1.82, 2.24) is 10.2 Å². The number of thiophene rings is 1. The van der Waals surface area contributed by atoms with E-state index >= 15 is 0 Å². The number of aliphatic carboxylic acids is 1. The fraction of sp³-hybridized carbons (Fsp3) is 0.385. The van der Waals surface area contributed by atoms with Crippen LogP contribution in [0.25, 0.3) is 6.08 Å². The highest BCUT2D eigenvalue weighted by molar-refractivity contribution is 7.10. The minimum Gasteiger partial charge on any atom is -0.478 e. The van der Waals surface area contributed by atoms with Gasteiger partial charge in [-0.25, -0.2) is 9.59 Å². The summed E-state index contributed by atoms with van der Waals surface area (Å²) >= 11 is 1.49. The molecule has 0 spiro atoms. The molecule has 20 heavy (non-hydrogen) atoms. The van der Waals surface area contributed by atoms with E-state index in [9.17, 15) is 9.59 Å². The number of amides is 2. The molecule has 0 aromatic carbocycles. The van der Waals surface area contributed by atoms with Gasteiger partial charge in [0.15, 0.2) is 0 Å². The summed E-state index contributed by atoms with van der Waals surface area (Å²) in [6.45, 7) is 2.73. The molecule has 2 rings (SSSR count). The summed E-state index contributed by atoms with van der Waals surface area (Å²) in [5.41, 5.74) is 0.819. The summed E-state index contributed by atoms with van der Waals surface area (Å²) in [4.78, 5) is 25.1. The summed E-state index contributed by atoms with van der Waals surface area (Å²) in [5, 5.41) is 13.3. The number of ether oxygens (including phenoxy) is 1. The smallest absolute Gasteiger partial charge is 0.328 e. The second kappa shape index (κ2) is 7.06. The average Bonchev–Trinajstić information content (AvgIpc) is 2.91. The molecule has 1 aromatic heterocycles. The number of rotatable bonds is 4. The van der Waals surface area contributed by atoms with Crippen molar-refractivity contribution < 1.29 is 19.4 Å². The molecule has 7 heteroatoms. The number of carbonyl (C=O) groups is 2. The van der Waals surface area contributed by atoms with Gasteiger partial charge in [-0.15, -0.1) is 11.3 Å². The molecular formula is C13H16N2O4S. The van der Waals surface area contributed by atoms with Gasteiger partial charge in [0.2, 0.25) is 0 Å². The predicted molar refractivity (Wildman–Crippen MR) is 75.6 cm³/mol. The summed E-state index contributed by atoms with van der Waals surface area (Å²) in [6, 6.07) is 1.72. The van der Waals surface area contributed by atoms with Crippen LogP contribution in [0, 0.1) is 0 Å². The number of nitrogens with zero attached hydrogens (tertiary/aromatic N) is 1. The number of morpholine rings is 1. The summed E-state index contributed by atoms with van der Waals surface area (Å²) in [6.07, 6.45) is 2.63. The monoisotopic (exact) mass is 296 g/mol. The zero-order valence-corrected chi connectivity index (χ0v) is 11.7. The first kappa shape index (κ1) is 14.5. The van der Waals surface area contributed by atoms with Crippen LogP contribution < -0.4 is 5.32 Å². The molecule has 0 bridgehead atoms. The molecule has 1 aliphatic heterocycles. The van der Waals surface area contributed by atoms with Crippen molar-refractivity contribution >= 4 is 29.4 Å². The number of hydrogen-bond acceptors (Lipinski definition) is 4. The Labute approximate surface area is 120 Å². The SMILES string of the molecule is O=C(O)/C=C/c1ccsc1CNC(=O)N1CCOCC1. The van der Waals surface area contributed by atoms with E-state index in [0.717, 1.165) is 16.5 Å². The van der Waals surface area contributed by atoms with Crippen LogP contribution in [0.2, 0.25) is 0 Å². The van der Waals surface area contributed by atoms with Gasteiger partial charge in [0.25, 0.3) is 0 Å². The predicted octanol–water partition coefficient (Wildman–Crippen LogP) is 1.39. The summed E-state index contributed by atoms with van der Waals surface area (Å²) in [7, 11) is 0. The van der Waals surface area contributed by atoms with Crippen molar-refractivity contribution in [3.8, 4) is 0 Å². The zero-order valence-electron chi connectivity index (χ0n) is 10.9. The molecular weight excluding hydrogens is 280 g/mol. The van der Waals surface area contributed by atoms with Crippen molar-refractivity contribution in [2.45, 2.75) is 6.54 Å². The molecule has 1 aliphatic rings. The van der Waals surface area contributed by atoms with Crippen LogP contribution in [0.5, 0.6) is 0 Å². The van der Waals surface area contributed by atoms with Gasteiger partial charge in [-0.2, -0.15) is 0 Å². The van der Waals surface area contributed by atoms with Gasteiger partial charge in [0.1, 0.15) is 0 Å².